The molecule has 2 N–H and O–H groups in total. The van der Waals surface area contributed by atoms with Gasteiger partial charge in [0.15, 0.2) is 0 Å². The fourth-order valence-electron chi connectivity index (χ4n) is 3.01. The van der Waals surface area contributed by atoms with E-state index in [-0.39, 0.29) is 17.7 Å². The van der Waals surface area contributed by atoms with Gasteiger partial charge in [-0.1, -0.05) is 35.0 Å². The zero-order chi connectivity index (χ0) is 17.3. The van der Waals surface area contributed by atoms with Gasteiger partial charge in [-0.15, -0.1) is 0 Å². The van der Waals surface area contributed by atoms with E-state index < -0.39 is 0 Å². The highest BCUT2D eigenvalue weighted by atomic mass is 35.5. The van der Waals surface area contributed by atoms with E-state index in [1.54, 1.807) is 24.0 Å². The molecule has 6 nitrogen and oxygen atoms in total. The summed E-state index contributed by atoms with van der Waals surface area (Å²) in [4.78, 5) is 26.1. The van der Waals surface area contributed by atoms with Gasteiger partial charge in [-0.2, -0.15) is 0 Å². The standard InChI is InChI=1S/C17H18ClN3O3/c1-10-14(15(20-24-10)12-6-2-3-7-13(12)18)17(23)21-8-4-5-11(9-21)16(19)22/h2-3,6-7,11H,4-5,8-9H2,1H3,(H2,19,22). The lowest BCUT2D eigenvalue weighted by Crippen LogP contribution is -2.44. The number of nitrogens with two attached hydrogens (primary N) is 1. The number of amides is 2. The van der Waals surface area contributed by atoms with Gasteiger partial charge in [-0.05, 0) is 25.8 Å². The molecule has 0 radical (unpaired) electrons. The van der Waals surface area contributed by atoms with Crippen molar-refractivity contribution in [3.63, 3.8) is 0 Å². The minimum Gasteiger partial charge on any atom is -0.369 e. The molecule has 1 aromatic heterocycles. The first-order chi connectivity index (χ1) is 11.5. The lowest BCUT2D eigenvalue weighted by atomic mass is 9.96. The first kappa shape index (κ1) is 16.5. The van der Waals surface area contributed by atoms with Crippen molar-refractivity contribution in [2.24, 2.45) is 11.7 Å². The zero-order valence-electron chi connectivity index (χ0n) is 13.3. The molecule has 3 rings (SSSR count). The van der Waals surface area contributed by atoms with Crippen molar-refractivity contribution in [2.75, 3.05) is 13.1 Å². The Kier molecular flexibility index (Phi) is 4.57. The van der Waals surface area contributed by atoms with E-state index in [0.29, 0.717) is 47.1 Å². The Morgan fingerprint density at radius 2 is 2.12 bits per heavy atom. The molecule has 2 amide bonds. The summed E-state index contributed by atoms with van der Waals surface area (Å²) in [5.74, 6) is -0.474. The molecule has 2 aromatic rings. The van der Waals surface area contributed by atoms with Gasteiger partial charge >= 0.3 is 0 Å². The third-order valence-corrected chi connectivity index (χ3v) is 4.65. The van der Waals surface area contributed by atoms with E-state index in [9.17, 15) is 9.59 Å². The van der Waals surface area contributed by atoms with E-state index >= 15 is 0 Å². The molecule has 1 fully saturated rings. The molecule has 0 saturated carbocycles. The molecular weight excluding hydrogens is 330 g/mol. The number of nitrogens with zero attached hydrogens (tertiary/aromatic N) is 2. The van der Waals surface area contributed by atoms with Crippen LogP contribution < -0.4 is 5.73 Å². The molecule has 1 aromatic carbocycles. The number of rotatable bonds is 3. The quantitative estimate of drug-likeness (QED) is 0.924. The van der Waals surface area contributed by atoms with Crippen molar-refractivity contribution in [1.82, 2.24) is 10.1 Å². The number of likely N-dealkylation sites (tertiary alicyclic amines) is 1. The highest BCUT2D eigenvalue weighted by molar-refractivity contribution is 6.33. The fraction of sp³-hybridized carbons (Fsp3) is 0.353. The monoisotopic (exact) mass is 347 g/mol. The normalized spacial score (nSPS) is 17.8. The van der Waals surface area contributed by atoms with Gasteiger partial charge in [0.2, 0.25) is 5.91 Å². The first-order valence-corrected chi connectivity index (χ1v) is 8.16. The summed E-state index contributed by atoms with van der Waals surface area (Å²) < 4.78 is 5.24. The minimum absolute atomic E-state index is 0.213. The smallest absolute Gasteiger partial charge is 0.259 e. The van der Waals surface area contributed by atoms with E-state index in [4.69, 9.17) is 21.9 Å². The largest absolute Gasteiger partial charge is 0.369 e. The maximum atomic E-state index is 13.0. The third-order valence-electron chi connectivity index (χ3n) is 4.32. The Balaban J connectivity index is 1.95. The number of aryl methyl sites for hydroxylation is 1. The van der Waals surface area contributed by atoms with E-state index in [0.717, 1.165) is 6.42 Å². The van der Waals surface area contributed by atoms with Crippen LogP contribution in [0.25, 0.3) is 11.3 Å². The van der Waals surface area contributed by atoms with Crippen molar-refractivity contribution in [1.29, 1.82) is 0 Å². The molecule has 126 valence electrons. The molecule has 0 aliphatic carbocycles. The molecule has 1 atom stereocenters. The van der Waals surface area contributed by atoms with Gasteiger partial charge in [-0.3, -0.25) is 9.59 Å². The second-order valence-electron chi connectivity index (χ2n) is 5.93. The fourth-order valence-corrected chi connectivity index (χ4v) is 3.24. The number of aromatic nitrogens is 1. The van der Waals surface area contributed by atoms with Gasteiger partial charge in [0.05, 0.1) is 10.9 Å². The van der Waals surface area contributed by atoms with Crippen LogP contribution in [0.3, 0.4) is 0 Å². The van der Waals surface area contributed by atoms with Crippen molar-refractivity contribution < 1.29 is 14.1 Å². The molecule has 1 aliphatic heterocycles. The maximum Gasteiger partial charge on any atom is 0.259 e. The van der Waals surface area contributed by atoms with E-state index in [1.807, 2.05) is 12.1 Å². The Morgan fingerprint density at radius 3 is 2.83 bits per heavy atom. The Hall–Kier alpha value is -2.34. The van der Waals surface area contributed by atoms with Crippen molar-refractivity contribution >= 4 is 23.4 Å². The van der Waals surface area contributed by atoms with Crippen LogP contribution in [0.15, 0.2) is 28.8 Å². The summed E-state index contributed by atoms with van der Waals surface area (Å²) >= 11 is 6.23. The van der Waals surface area contributed by atoms with Crippen LogP contribution in [0.2, 0.25) is 5.02 Å². The highest BCUT2D eigenvalue weighted by Crippen LogP contribution is 2.32. The van der Waals surface area contributed by atoms with Crippen LogP contribution in [0.4, 0.5) is 0 Å². The minimum atomic E-state index is -0.374. The Labute approximate surface area is 144 Å². The lowest BCUT2D eigenvalue weighted by Gasteiger charge is -2.31. The van der Waals surface area contributed by atoms with Gasteiger partial charge in [0.25, 0.3) is 5.91 Å². The molecule has 7 heteroatoms. The van der Waals surface area contributed by atoms with E-state index in [2.05, 4.69) is 5.16 Å². The summed E-state index contributed by atoms with van der Waals surface area (Å²) in [5.41, 5.74) is 6.84. The van der Waals surface area contributed by atoms with Gasteiger partial charge in [0, 0.05) is 18.7 Å². The number of benzene rings is 1. The second-order valence-corrected chi connectivity index (χ2v) is 6.34. The van der Waals surface area contributed by atoms with Crippen LogP contribution >= 0.6 is 11.6 Å². The summed E-state index contributed by atoms with van der Waals surface area (Å²) in [6.45, 7) is 2.59. The van der Waals surface area contributed by atoms with E-state index in [1.165, 1.54) is 0 Å². The van der Waals surface area contributed by atoms with Crippen molar-refractivity contribution in [3.8, 4) is 11.3 Å². The molecule has 1 unspecified atom stereocenters. The predicted molar refractivity (Wildman–Crippen MR) is 89.5 cm³/mol. The molecule has 2 heterocycles. The van der Waals surface area contributed by atoms with Crippen LogP contribution in [-0.4, -0.2) is 35.0 Å². The molecular formula is C17H18ClN3O3. The van der Waals surface area contributed by atoms with Gasteiger partial charge in [-0.25, -0.2) is 0 Å². The Bertz CT molecular complexity index is 787. The summed E-state index contributed by atoms with van der Waals surface area (Å²) in [6.07, 6.45) is 1.45. The van der Waals surface area contributed by atoms with Crippen LogP contribution in [0, 0.1) is 12.8 Å². The van der Waals surface area contributed by atoms with Crippen molar-refractivity contribution in [2.45, 2.75) is 19.8 Å². The number of carbonyl (C=O) groups excluding carboxylic acids is 2. The van der Waals surface area contributed by atoms with Gasteiger partial charge in [0.1, 0.15) is 17.0 Å². The average molecular weight is 348 g/mol. The molecule has 0 bridgehead atoms. The number of carbonyl (C=O) groups is 2. The highest BCUT2D eigenvalue weighted by Gasteiger charge is 2.31. The second kappa shape index (κ2) is 6.65. The molecule has 0 spiro atoms. The summed E-state index contributed by atoms with van der Waals surface area (Å²) in [5, 5.41) is 4.51. The number of piperidine rings is 1. The Morgan fingerprint density at radius 1 is 1.38 bits per heavy atom. The average Bonchev–Trinajstić information content (AvgIpc) is 2.96. The zero-order valence-corrected chi connectivity index (χ0v) is 14.0. The third kappa shape index (κ3) is 3.01. The molecule has 1 aliphatic rings. The summed E-state index contributed by atoms with van der Waals surface area (Å²) in [6, 6.07) is 7.16. The maximum absolute atomic E-state index is 13.0. The predicted octanol–water partition coefficient (Wildman–Crippen LogP) is 2.64. The number of halogens is 1. The van der Waals surface area contributed by atoms with Crippen LogP contribution in [0.1, 0.15) is 29.0 Å². The number of hydrogen-bond donors (Lipinski definition) is 1. The summed E-state index contributed by atoms with van der Waals surface area (Å²) in [7, 11) is 0. The topological polar surface area (TPSA) is 89.4 Å². The number of hydrogen-bond acceptors (Lipinski definition) is 4. The first-order valence-electron chi connectivity index (χ1n) is 7.78. The number of primary amides is 1. The molecule has 24 heavy (non-hydrogen) atoms. The van der Waals surface area contributed by atoms with Crippen molar-refractivity contribution in [3.05, 3.63) is 40.6 Å². The SMILES string of the molecule is Cc1onc(-c2ccccc2Cl)c1C(=O)N1CCCC(C(N)=O)C1. The molecule has 1 saturated heterocycles. The van der Waals surface area contributed by atoms with Crippen LogP contribution in [0.5, 0.6) is 0 Å². The van der Waals surface area contributed by atoms with Crippen LogP contribution in [-0.2, 0) is 4.79 Å². The lowest BCUT2D eigenvalue weighted by molar-refractivity contribution is -0.123. The van der Waals surface area contributed by atoms with Gasteiger partial charge < -0.3 is 15.2 Å².